The van der Waals surface area contributed by atoms with Gasteiger partial charge in [0, 0.05) is 36.4 Å². The van der Waals surface area contributed by atoms with Crippen LogP contribution in [0.1, 0.15) is 30.9 Å². The number of rotatable bonds is 6. The Bertz CT molecular complexity index is 725. The average Bonchev–Trinajstić information content (AvgIpc) is 2.96. The summed E-state index contributed by atoms with van der Waals surface area (Å²) in [6.07, 6.45) is 5.59. The van der Waals surface area contributed by atoms with Gasteiger partial charge >= 0.3 is 0 Å². The van der Waals surface area contributed by atoms with E-state index in [1.807, 2.05) is 0 Å². The summed E-state index contributed by atoms with van der Waals surface area (Å²) in [7, 11) is 2.17. The largest absolute Gasteiger partial charge is 0.375 e. The third-order valence-electron chi connectivity index (χ3n) is 4.29. The van der Waals surface area contributed by atoms with Crippen molar-refractivity contribution in [3.8, 4) is 0 Å². The van der Waals surface area contributed by atoms with Crippen molar-refractivity contribution in [2.45, 2.75) is 26.2 Å². The first kappa shape index (κ1) is 14.7. The Balaban J connectivity index is 1.73. The Morgan fingerprint density at radius 1 is 1.00 bits per heavy atom. The highest BCUT2D eigenvalue weighted by Gasteiger charge is 2.05. The smallest absolute Gasteiger partial charge is 0.0456 e. The van der Waals surface area contributed by atoms with E-state index in [0.717, 1.165) is 13.0 Å². The predicted molar refractivity (Wildman–Crippen MR) is 95.7 cm³/mol. The zero-order valence-electron chi connectivity index (χ0n) is 13.5. The Hall–Kier alpha value is -2.22. The number of H-pyrrole nitrogens is 1. The maximum Gasteiger partial charge on any atom is 0.0456 e. The molecule has 1 heterocycles. The molecule has 1 N–H and O–H groups in total. The number of aromatic amines is 1. The van der Waals surface area contributed by atoms with Gasteiger partial charge in [0.05, 0.1) is 0 Å². The molecular weight excluding hydrogens is 268 g/mol. The number of hydrogen-bond acceptors (Lipinski definition) is 1. The summed E-state index contributed by atoms with van der Waals surface area (Å²) < 4.78 is 0. The lowest BCUT2D eigenvalue weighted by Crippen LogP contribution is -2.18. The number of fused-ring (bicyclic) bond motifs is 1. The Kier molecular flexibility index (Phi) is 4.47. The number of nitrogens with one attached hydrogen (secondary N) is 1. The number of para-hydroxylation sites is 1. The summed E-state index contributed by atoms with van der Waals surface area (Å²) in [5, 5.41) is 1.33. The molecule has 0 bridgehead atoms. The third kappa shape index (κ3) is 3.16. The zero-order chi connectivity index (χ0) is 15.4. The van der Waals surface area contributed by atoms with E-state index in [4.69, 9.17) is 0 Å². The zero-order valence-corrected chi connectivity index (χ0v) is 13.5. The van der Waals surface area contributed by atoms with Crippen LogP contribution in [0.5, 0.6) is 0 Å². The summed E-state index contributed by atoms with van der Waals surface area (Å²) in [5.41, 5.74) is 5.24. The number of benzene rings is 2. The number of nitrogens with zero attached hydrogens (tertiary/aromatic N) is 1. The molecular formula is C20H24N2. The van der Waals surface area contributed by atoms with Crippen molar-refractivity contribution < 1.29 is 0 Å². The normalized spacial score (nSPS) is 11.0. The van der Waals surface area contributed by atoms with Gasteiger partial charge in [-0.05, 0) is 42.2 Å². The van der Waals surface area contributed by atoms with Gasteiger partial charge in [-0.3, -0.25) is 0 Å². The molecule has 0 fully saturated rings. The summed E-state index contributed by atoms with van der Waals surface area (Å²) in [4.78, 5) is 5.69. The highest BCUT2D eigenvalue weighted by Crippen LogP contribution is 2.22. The number of unbranched alkanes of at least 4 members (excludes halogenated alkanes) is 1. The summed E-state index contributed by atoms with van der Waals surface area (Å²) in [5.74, 6) is 0. The van der Waals surface area contributed by atoms with Gasteiger partial charge in [0.2, 0.25) is 0 Å². The van der Waals surface area contributed by atoms with Gasteiger partial charge in [-0.2, -0.15) is 0 Å². The molecule has 3 rings (SSSR count). The quantitative estimate of drug-likeness (QED) is 0.677. The van der Waals surface area contributed by atoms with Crippen molar-refractivity contribution in [2.24, 2.45) is 0 Å². The van der Waals surface area contributed by atoms with Gasteiger partial charge in [-0.15, -0.1) is 0 Å². The molecule has 0 aliphatic rings. The van der Waals surface area contributed by atoms with E-state index >= 15 is 0 Å². The van der Waals surface area contributed by atoms with Crippen LogP contribution in [0.2, 0.25) is 0 Å². The second-order valence-electron chi connectivity index (χ2n) is 5.98. The van der Waals surface area contributed by atoms with Crippen molar-refractivity contribution in [3.63, 3.8) is 0 Å². The second kappa shape index (κ2) is 6.69. The Morgan fingerprint density at radius 3 is 2.55 bits per heavy atom. The molecule has 0 radical (unpaired) electrons. The van der Waals surface area contributed by atoms with E-state index in [0.29, 0.717) is 0 Å². The van der Waals surface area contributed by atoms with Gasteiger partial charge in [-0.25, -0.2) is 0 Å². The fourth-order valence-electron chi connectivity index (χ4n) is 2.89. The standard InChI is InChI=1S/C20H24N2/c1-3-4-13-22(2)18-11-9-16(10-12-18)14-17-15-21-20-8-6-5-7-19(17)20/h5-12,15,21H,3-4,13-14H2,1-2H3. The summed E-state index contributed by atoms with van der Waals surface area (Å²) in [6, 6.07) is 17.5. The molecule has 3 aromatic rings. The summed E-state index contributed by atoms with van der Waals surface area (Å²) in [6.45, 7) is 3.36. The first-order valence-corrected chi connectivity index (χ1v) is 8.13. The van der Waals surface area contributed by atoms with E-state index in [2.05, 4.69) is 78.6 Å². The first-order chi connectivity index (χ1) is 10.8. The van der Waals surface area contributed by atoms with Crippen LogP contribution in [0.3, 0.4) is 0 Å². The molecule has 114 valence electrons. The maximum absolute atomic E-state index is 3.35. The summed E-state index contributed by atoms with van der Waals surface area (Å²) >= 11 is 0. The van der Waals surface area contributed by atoms with Crippen molar-refractivity contribution in [1.29, 1.82) is 0 Å². The average molecular weight is 292 g/mol. The molecule has 0 saturated carbocycles. The molecule has 2 aromatic carbocycles. The molecule has 1 aromatic heterocycles. The van der Waals surface area contributed by atoms with Crippen LogP contribution in [0.15, 0.2) is 54.7 Å². The Labute approximate surface area is 132 Å². The minimum atomic E-state index is 0.975. The number of anilines is 1. The van der Waals surface area contributed by atoms with Crippen LogP contribution >= 0.6 is 0 Å². The molecule has 22 heavy (non-hydrogen) atoms. The lowest BCUT2D eigenvalue weighted by molar-refractivity contribution is 0.766. The van der Waals surface area contributed by atoms with E-state index < -0.39 is 0 Å². The highest BCUT2D eigenvalue weighted by atomic mass is 15.1. The minimum absolute atomic E-state index is 0.975. The first-order valence-electron chi connectivity index (χ1n) is 8.13. The van der Waals surface area contributed by atoms with E-state index in [-0.39, 0.29) is 0 Å². The van der Waals surface area contributed by atoms with Gasteiger partial charge in [0.25, 0.3) is 0 Å². The molecule has 0 aliphatic heterocycles. The van der Waals surface area contributed by atoms with Crippen molar-refractivity contribution in [3.05, 3.63) is 65.9 Å². The SMILES string of the molecule is CCCCN(C)c1ccc(Cc2c[nH]c3ccccc23)cc1. The third-order valence-corrected chi connectivity index (χ3v) is 4.29. The van der Waals surface area contributed by atoms with Crippen LogP contribution in [-0.4, -0.2) is 18.6 Å². The molecule has 0 amide bonds. The van der Waals surface area contributed by atoms with Crippen molar-refractivity contribution in [1.82, 2.24) is 4.98 Å². The van der Waals surface area contributed by atoms with Gasteiger partial charge < -0.3 is 9.88 Å². The monoisotopic (exact) mass is 292 g/mol. The van der Waals surface area contributed by atoms with E-state index in [1.165, 1.54) is 40.6 Å². The van der Waals surface area contributed by atoms with Crippen LogP contribution in [0.4, 0.5) is 5.69 Å². The highest BCUT2D eigenvalue weighted by molar-refractivity contribution is 5.83. The topological polar surface area (TPSA) is 19.0 Å². The van der Waals surface area contributed by atoms with Crippen LogP contribution in [0, 0.1) is 0 Å². The molecule has 0 saturated heterocycles. The molecule has 2 heteroatoms. The van der Waals surface area contributed by atoms with Crippen LogP contribution in [0.25, 0.3) is 10.9 Å². The molecule has 0 spiro atoms. The maximum atomic E-state index is 3.35. The fourth-order valence-corrected chi connectivity index (χ4v) is 2.89. The lowest BCUT2D eigenvalue weighted by atomic mass is 10.0. The minimum Gasteiger partial charge on any atom is -0.375 e. The van der Waals surface area contributed by atoms with E-state index in [9.17, 15) is 0 Å². The van der Waals surface area contributed by atoms with Gasteiger partial charge in [-0.1, -0.05) is 43.7 Å². The van der Waals surface area contributed by atoms with E-state index in [1.54, 1.807) is 0 Å². The molecule has 2 nitrogen and oxygen atoms in total. The van der Waals surface area contributed by atoms with Crippen LogP contribution < -0.4 is 4.90 Å². The second-order valence-corrected chi connectivity index (χ2v) is 5.98. The lowest BCUT2D eigenvalue weighted by Gasteiger charge is -2.19. The molecule has 0 unspecified atom stereocenters. The number of aromatic nitrogens is 1. The molecule has 0 atom stereocenters. The fraction of sp³-hybridized carbons (Fsp3) is 0.300. The predicted octanol–water partition coefficient (Wildman–Crippen LogP) is 5.00. The number of hydrogen-bond donors (Lipinski definition) is 1. The van der Waals surface area contributed by atoms with Gasteiger partial charge in [0.15, 0.2) is 0 Å². The molecule has 0 aliphatic carbocycles. The van der Waals surface area contributed by atoms with Crippen molar-refractivity contribution >= 4 is 16.6 Å². The van der Waals surface area contributed by atoms with Gasteiger partial charge in [0.1, 0.15) is 0 Å². The van der Waals surface area contributed by atoms with Crippen LogP contribution in [-0.2, 0) is 6.42 Å². The Morgan fingerprint density at radius 2 is 1.77 bits per heavy atom. The van der Waals surface area contributed by atoms with Crippen molar-refractivity contribution in [2.75, 3.05) is 18.5 Å².